The number of halogens is 1. The number of carbonyl (C=O) groups excluding carboxylic acids is 1. The normalized spacial score (nSPS) is 12.0. The highest BCUT2D eigenvalue weighted by Gasteiger charge is 2.18. The summed E-state index contributed by atoms with van der Waals surface area (Å²) in [6.07, 6.45) is 0.844. The third kappa shape index (κ3) is 3.44. The average Bonchev–Trinajstić information content (AvgIpc) is 2.36. The molecule has 0 aromatic heterocycles. The first-order chi connectivity index (χ1) is 8.12. The van der Waals surface area contributed by atoms with Gasteiger partial charge in [-0.15, -0.1) is 0 Å². The second-order valence-corrected chi connectivity index (χ2v) is 3.77. The fourth-order valence-electron chi connectivity index (χ4n) is 1.72. The van der Waals surface area contributed by atoms with Gasteiger partial charge in [0.15, 0.2) is 0 Å². The van der Waals surface area contributed by atoms with Crippen LogP contribution >= 0.6 is 0 Å². The van der Waals surface area contributed by atoms with Gasteiger partial charge in [-0.3, -0.25) is 4.79 Å². The van der Waals surface area contributed by atoms with E-state index >= 15 is 0 Å². The second kappa shape index (κ2) is 6.23. The van der Waals surface area contributed by atoms with Crippen molar-refractivity contribution in [1.82, 2.24) is 0 Å². The quantitative estimate of drug-likeness (QED) is 0.742. The number of methoxy groups -OCH3 is 2. The molecule has 1 atom stereocenters. The maximum atomic E-state index is 13.7. The maximum Gasteiger partial charge on any atom is 0.306 e. The average molecular weight is 240 g/mol. The van der Waals surface area contributed by atoms with E-state index in [0.717, 1.165) is 0 Å². The van der Waals surface area contributed by atoms with Gasteiger partial charge in [-0.25, -0.2) is 4.39 Å². The van der Waals surface area contributed by atoms with Crippen molar-refractivity contribution in [3.05, 3.63) is 29.6 Å². The first kappa shape index (κ1) is 13.5. The van der Waals surface area contributed by atoms with Crippen molar-refractivity contribution in [1.29, 1.82) is 0 Å². The van der Waals surface area contributed by atoms with Gasteiger partial charge in [-0.05, 0) is 36.1 Å². The Hall–Kier alpha value is -1.58. The number of rotatable bonds is 5. The van der Waals surface area contributed by atoms with E-state index in [1.54, 1.807) is 12.1 Å². The molecule has 0 aliphatic rings. The van der Waals surface area contributed by atoms with E-state index in [-0.39, 0.29) is 24.1 Å². The summed E-state index contributed by atoms with van der Waals surface area (Å²) in [6.45, 7) is 1.91. The van der Waals surface area contributed by atoms with E-state index in [1.807, 2.05) is 6.92 Å². The smallest absolute Gasteiger partial charge is 0.306 e. The molecule has 17 heavy (non-hydrogen) atoms. The highest BCUT2D eigenvalue weighted by atomic mass is 19.1. The minimum Gasteiger partial charge on any atom is -0.497 e. The second-order valence-electron chi connectivity index (χ2n) is 3.77. The topological polar surface area (TPSA) is 35.5 Å². The highest BCUT2D eigenvalue weighted by molar-refractivity contribution is 5.70. The van der Waals surface area contributed by atoms with Crippen molar-refractivity contribution in [2.75, 3.05) is 14.2 Å². The monoisotopic (exact) mass is 240 g/mol. The highest BCUT2D eigenvalue weighted by Crippen LogP contribution is 2.29. The van der Waals surface area contributed by atoms with Crippen LogP contribution in [0.3, 0.4) is 0 Å². The summed E-state index contributed by atoms with van der Waals surface area (Å²) >= 11 is 0. The zero-order valence-corrected chi connectivity index (χ0v) is 10.3. The van der Waals surface area contributed by atoms with Crippen LogP contribution in [0.2, 0.25) is 0 Å². The van der Waals surface area contributed by atoms with E-state index in [1.165, 1.54) is 20.3 Å². The van der Waals surface area contributed by atoms with Crippen molar-refractivity contribution in [2.24, 2.45) is 0 Å². The lowest BCUT2D eigenvalue weighted by atomic mass is 9.92. The lowest BCUT2D eigenvalue weighted by Gasteiger charge is -2.15. The number of hydrogen-bond acceptors (Lipinski definition) is 3. The van der Waals surface area contributed by atoms with Gasteiger partial charge in [0.1, 0.15) is 11.6 Å². The zero-order valence-electron chi connectivity index (χ0n) is 10.3. The Bertz CT molecular complexity index is 390. The summed E-state index contributed by atoms with van der Waals surface area (Å²) in [5.74, 6) is -0.247. The molecule has 0 N–H and O–H groups in total. The molecule has 0 bridgehead atoms. The largest absolute Gasteiger partial charge is 0.497 e. The summed E-state index contributed by atoms with van der Waals surface area (Å²) < 4.78 is 23.4. The molecule has 0 saturated heterocycles. The van der Waals surface area contributed by atoms with Crippen LogP contribution in [-0.4, -0.2) is 20.2 Å². The van der Waals surface area contributed by atoms with Crippen LogP contribution in [-0.2, 0) is 9.53 Å². The Kier molecular flexibility index (Phi) is 4.94. The molecule has 4 heteroatoms. The van der Waals surface area contributed by atoms with E-state index in [4.69, 9.17) is 4.74 Å². The molecule has 0 amide bonds. The summed E-state index contributed by atoms with van der Waals surface area (Å²) in [7, 11) is 2.86. The lowest BCUT2D eigenvalue weighted by Crippen LogP contribution is -2.09. The summed E-state index contributed by atoms with van der Waals surface area (Å²) in [5.41, 5.74) is 0.497. The van der Waals surface area contributed by atoms with Gasteiger partial charge in [-0.1, -0.05) is 6.92 Å². The molecule has 0 saturated carbocycles. The van der Waals surface area contributed by atoms with Gasteiger partial charge in [0.25, 0.3) is 0 Å². The number of hydrogen-bond donors (Lipinski definition) is 0. The molecule has 0 aliphatic heterocycles. The Balaban J connectivity index is 2.97. The molecular formula is C13H17FO3. The third-order valence-electron chi connectivity index (χ3n) is 2.78. The van der Waals surface area contributed by atoms with Gasteiger partial charge in [0, 0.05) is 0 Å². The molecule has 0 heterocycles. The molecule has 0 radical (unpaired) electrons. The van der Waals surface area contributed by atoms with Crippen LogP contribution in [0, 0.1) is 5.82 Å². The van der Waals surface area contributed by atoms with Crippen LogP contribution in [0.1, 0.15) is 31.2 Å². The molecule has 1 rings (SSSR count). The molecule has 0 fully saturated rings. The first-order valence-corrected chi connectivity index (χ1v) is 5.52. The molecule has 0 spiro atoms. The first-order valence-electron chi connectivity index (χ1n) is 5.52. The van der Waals surface area contributed by atoms with Crippen molar-refractivity contribution >= 4 is 5.97 Å². The van der Waals surface area contributed by atoms with E-state index in [2.05, 4.69) is 4.74 Å². The Morgan fingerprint density at radius 2 is 2.12 bits per heavy atom. The van der Waals surface area contributed by atoms with E-state index < -0.39 is 0 Å². The number of esters is 1. The van der Waals surface area contributed by atoms with Gasteiger partial charge >= 0.3 is 5.97 Å². The molecule has 94 valence electrons. The summed E-state index contributed by atoms with van der Waals surface area (Å²) in [5, 5.41) is 0. The maximum absolute atomic E-state index is 13.7. The molecule has 1 aromatic carbocycles. The third-order valence-corrected chi connectivity index (χ3v) is 2.78. The van der Waals surface area contributed by atoms with Crippen molar-refractivity contribution in [3.63, 3.8) is 0 Å². The van der Waals surface area contributed by atoms with Crippen LogP contribution in [0.5, 0.6) is 5.75 Å². The van der Waals surface area contributed by atoms with E-state index in [0.29, 0.717) is 17.7 Å². The van der Waals surface area contributed by atoms with Gasteiger partial charge in [0.05, 0.1) is 20.6 Å². The number of benzene rings is 1. The van der Waals surface area contributed by atoms with Crippen LogP contribution < -0.4 is 4.74 Å². The van der Waals surface area contributed by atoms with Gasteiger partial charge in [-0.2, -0.15) is 0 Å². The molecule has 3 nitrogen and oxygen atoms in total. The Labute approximate surface area is 101 Å². The standard InChI is InChI=1S/C13H17FO3/c1-4-9(7-13(15)17-3)11-8-10(16-2)5-6-12(11)14/h5-6,8-9H,4,7H2,1-3H3/t9-/m1/s1. The predicted octanol–water partition coefficient (Wildman–Crippen LogP) is 2.89. The van der Waals surface area contributed by atoms with E-state index in [9.17, 15) is 9.18 Å². The minimum absolute atomic E-state index is 0.178. The van der Waals surface area contributed by atoms with Gasteiger partial charge < -0.3 is 9.47 Å². The van der Waals surface area contributed by atoms with Crippen molar-refractivity contribution < 1.29 is 18.7 Å². The Morgan fingerprint density at radius 1 is 1.41 bits per heavy atom. The molecule has 1 aromatic rings. The number of ether oxygens (including phenoxy) is 2. The van der Waals surface area contributed by atoms with Crippen LogP contribution in [0.15, 0.2) is 18.2 Å². The molecular weight excluding hydrogens is 223 g/mol. The predicted molar refractivity (Wildman–Crippen MR) is 62.6 cm³/mol. The van der Waals surface area contributed by atoms with Crippen molar-refractivity contribution in [3.8, 4) is 5.75 Å². The fraction of sp³-hybridized carbons (Fsp3) is 0.462. The SMILES string of the molecule is CC[C@H](CC(=O)OC)c1cc(OC)ccc1F. The zero-order chi connectivity index (χ0) is 12.8. The Morgan fingerprint density at radius 3 is 2.65 bits per heavy atom. The van der Waals surface area contributed by atoms with Crippen molar-refractivity contribution in [2.45, 2.75) is 25.7 Å². The van der Waals surface area contributed by atoms with Crippen LogP contribution in [0.4, 0.5) is 4.39 Å². The molecule has 0 aliphatic carbocycles. The lowest BCUT2D eigenvalue weighted by molar-refractivity contribution is -0.141. The number of carbonyl (C=O) groups is 1. The summed E-state index contributed by atoms with van der Waals surface area (Å²) in [4.78, 5) is 11.2. The van der Waals surface area contributed by atoms with Crippen LogP contribution in [0.25, 0.3) is 0 Å². The van der Waals surface area contributed by atoms with Gasteiger partial charge in [0.2, 0.25) is 0 Å². The fourth-order valence-corrected chi connectivity index (χ4v) is 1.72. The summed E-state index contributed by atoms with van der Waals surface area (Å²) in [6, 6.07) is 4.55. The minimum atomic E-state index is -0.334. The molecule has 0 unspecified atom stereocenters.